The largest absolute Gasteiger partial charge is 0.508 e. The first-order valence-electron chi connectivity index (χ1n) is 6.74. The molecule has 0 aliphatic rings. The number of rotatable bonds is 5. The first-order valence-corrected chi connectivity index (χ1v) is 6.74. The van der Waals surface area contributed by atoms with Gasteiger partial charge in [0.05, 0.1) is 0 Å². The van der Waals surface area contributed by atoms with E-state index >= 15 is 0 Å². The Kier molecular flexibility index (Phi) is 5.11. The highest BCUT2D eigenvalue weighted by Gasteiger charge is 2.21. The molecule has 0 fully saturated rings. The molecule has 0 aromatic heterocycles. The van der Waals surface area contributed by atoms with Crippen molar-refractivity contribution in [3.63, 3.8) is 0 Å². The molecule has 5 N–H and O–H groups in total. The van der Waals surface area contributed by atoms with Gasteiger partial charge in [-0.3, -0.25) is 15.0 Å². The molecule has 0 aliphatic heterocycles. The number of nitrogens with two attached hydrogens (primary N) is 1. The zero-order valence-corrected chi connectivity index (χ0v) is 11.8. The Hall–Kier alpha value is -2.86. The summed E-state index contributed by atoms with van der Waals surface area (Å²) >= 11 is 0. The quantitative estimate of drug-likeness (QED) is 0.371. The van der Waals surface area contributed by atoms with Gasteiger partial charge in [-0.25, -0.2) is 5.84 Å². The number of phenols is 1. The van der Waals surface area contributed by atoms with Crippen LogP contribution in [0.15, 0.2) is 54.6 Å². The van der Waals surface area contributed by atoms with Crippen molar-refractivity contribution >= 4 is 11.8 Å². The van der Waals surface area contributed by atoms with E-state index in [4.69, 9.17) is 5.84 Å². The fraction of sp³-hybridized carbons (Fsp3) is 0.125. The van der Waals surface area contributed by atoms with Crippen LogP contribution in [0.5, 0.6) is 5.75 Å². The maximum Gasteiger partial charge on any atom is 0.256 e. The number of hydrogen-bond acceptors (Lipinski definition) is 4. The van der Waals surface area contributed by atoms with Crippen LogP contribution in [-0.2, 0) is 11.2 Å². The molecule has 6 nitrogen and oxygen atoms in total. The molecular weight excluding hydrogens is 282 g/mol. The lowest BCUT2D eigenvalue weighted by Crippen LogP contribution is -2.50. The van der Waals surface area contributed by atoms with E-state index in [0.717, 1.165) is 5.56 Å². The van der Waals surface area contributed by atoms with Crippen LogP contribution in [0.2, 0.25) is 0 Å². The predicted molar refractivity (Wildman–Crippen MR) is 81.8 cm³/mol. The van der Waals surface area contributed by atoms with Gasteiger partial charge in [-0.2, -0.15) is 0 Å². The number of hydrogen-bond donors (Lipinski definition) is 4. The van der Waals surface area contributed by atoms with Crippen molar-refractivity contribution in [1.82, 2.24) is 10.7 Å². The second-order valence-electron chi connectivity index (χ2n) is 4.77. The molecule has 0 radical (unpaired) electrons. The van der Waals surface area contributed by atoms with E-state index in [-0.39, 0.29) is 18.1 Å². The Morgan fingerprint density at radius 2 is 1.68 bits per heavy atom. The summed E-state index contributed by atoms with van der Waals surface area (Å²) in [6, 6.07) is 14.2. The maximum absolute atomic E-state index is 12.1. The minimum absolute atomic E-state index is 0.136. The molecule has 0 saturated heterocycles. The molecule has 1 atom stereocenters. The third-order valence-electron chi connectivity index (χ3n) is 3.18. The van der Waals surface area contributed by atoms with Crippen LogP contribution in [0, 0.1) is 0 Å². The van der Waals surface area contributed by atoms with Gasteiger partial charge < -0.3 is 10.4 Å². The van der Waals surface area contributed by atoms with Crippen LogP contribution in [0.3, 0.4) is 0 Å². The lowest BCUT2D eigenvalue weighted by molar-refractivity contribution is -0.123. The third kappa shape index (κ3) is 4.07. The summed E-state index contributed by atoms with van der Waals surface area (Å²) in [6.45, 7) is 0. The second-order valence-corrected chi connectivity index (χ2v) is 4.77. The molecule has 2 aromatic rings. The molecule has 0 heterocycles. The van der Waals surface area contributed by atoms with Crippen molar-refractivity contribution in [3.05, 3.63) is 65.7 Å². The first kappa shape index (κ1) is 15.5. The summed E-state index contributed by atoms with van der Waals surface area (Å²) in [5.41, 5.74) is 3.30. The lowest BCUT2D eigenvalue weighted by Gasteiger charge is -2.17. The van der Waals surface area contributed by atoms with E-state index in [1.54, 1.807) is 42.5 Å². The molecule has 0 aliphatic carbocycles. The van der Waals surface area contributed by atoms with E-state index in [2.05, 4.69) is 10.7 Å². The summed E-state index contributed by atoms with van der Waals surface area (Å²) < 4.78 is 0. The van der Waals surface area contributed by atoms with Gasteiger partial charge in [-0.15, -0.1) is 0 Å². The van der Waals surface area contributed by atoms with Gasteiger partial charge in [0.2, 0.25) is 0 Å². The fourth-order valence-corrected chi connectivity index (χ4v) is 2.01. The zero-order chi connectivity index (χ0) is 15.9. The molecule has 2 rings (SSSR count). The summed E-state index contributed by atoms with van der Waals surface area (Å²) in [5.74, 6) is 4.47. The summed E-state index contributed by atoms with van der Waals surface area (Å²) in [5, 5.41) is 11.9. The van der Waals surface area contributed by atoms with Gasteiger partial charge in [0.15, 0.2) is 0 Å². The fourth-order valence-electron chi connectivity index (χ4n) is 2.01. The Bertz CT molecular complexity index is 641. The number of hydrazine groups is 1. The summed E-state index contributed by atoms with van der Waals surface area (Å²) in [7, 11) is 0. The van der Waals surface area contributed by atoms with Gasteiger partial charge in [-0.1, -0.05) is 30.3 Å². The molecule has 114 valence electrons. The molecule has 22 heavy (non-hydrogen) atoms. The van der Waals surface area contributed by atoms with Crippen LogP contribution < -0.4 is 16.6 Å². The molecule has 0 spiro atoms. The molecule has 2 aromatic carbocycles. The van der Waals surface area contributed by atoms with Crippen molar-refractivity contribution in [3.8, 4) is 5.75 Å². The van der Waals surface area contributed by atoms with Crippen LogP contribution in [0.25, 0.3) is 0 Å². The number of amides is 2. The van der Waals surface area contributed by atoms with Crippen LogP contribution >= 0.6 is 0 Å². The van der Waals surface area contributed by atoms with Gasteiger partial charge in [0.1, 0.15) is 11.8 Å². The second kappa shape index (κ2) is 7.24. The topological polar surface area (TPSA) is 104 Å². The Labute approximate surface area is 127 Å². The Morgan fingerprint density at radius 1 is 1.05 bits per heavy atom. The van der Waals surface area contributed by atoms with Crippen molar-refractivity contribution in [2.75, 3.05) is 0 Å². The molecule has 2 amide bonds. The molecule has 0 saturated carbocycles. The zero-order valence-electron chi connectivity index (χ0n) is 11.8. The van der Waals surface area contributed by atoms with E-state index in [9.17, 15) is 14.7 Å². The standard InChI is InChI=1S/C16H17N3O3/c17-19-16(22)14(10-11-6-8-13(20)9-7-11)18-15(21)12-4-2-1-3-5-12/h1-9,14,20H,10,17H2,(H,18,21)(H,19,22)/t14-/m0/s1. The van der Waals surface area contributed by atoms with Gasteiger partial charge in [-0.05, 0) is 29.8 Å². The van der Waals surface area contributed by atoms with E-state index in [1.807, 2.05) is 0 Å². The number of aromatic hydroxyl groups is 1. The molecule has 0 bridgehead atoms. The van der Waals surface area contributed by atoms with E-state index in [0.29, 0.717) is 5.56 Å². The number of nitrogens with one attached hydrogen (secondary N) is 2. The Morgan fingerprint density at radius 3 is 2.27 bits per heavy atom. The smallest absolute Gasteiger partial charge is 0.256 e. The number of carbonyl (C=O) groups excluding carboxylic acids is 2. The Balaban J connectivity index is 2.11. The van der Waals surface area contributed by atoms with Crippen molar-refractivity contribution in [1.29, 1.82) is 0 Å². The third-order valence-corrected chi connectivity index (χ3v) is 3.18. The highest BCUT2D eigenvalue weighted by molar-refractivity contribution is 5.97. The summed E-state index contributed by atoms with van der Waals surface area (Å²) in [6.07, 6.45) is 0.266. The van der Waals surface area contributed by atoms with E-state index < -0.39 is 11.9 Å². The highest BCUT2D eigenvalue weighted by atomic mass is 16.3. The summed E-state index contributed by atoms with van der Waals surface area (Å²) in [4.78, 5) is 24.0. The van der Waals surface area contributed by atoms with Crippen LogP contribution in [0.4, 0.5) is 0 Å². The average molecular weight is 299 g/mol. The van der Waals surface area contributed by atoms with Crippen molar-refractivity contribution < 1.29 is 14.7 Å². The number of carbonyl (C=O) groups is 2. The minimum atomic E-state index is -0.803. The molecule has 6 heteroatoms. The lowest BCUT2D eigenvalue weighted by atomic mass is 10.0. The van der Waals surface area contributed by atoms with Gasteiger partial charge in [0.25, 0.3) is 11.8 Å². The normalized spacial score (nSPS) is 11.5. The number of phenolic OH excluding ortho intramolecular Hbond substituents is 1. The monoisotopic (exact) mass is 299 g/mol. The van der Waals surface area contributed by atoms with Gasteiger partial charge in [0, 0.05) is 12.0 Å². The maximum atomic E-state index is 12.1. The van der Waals surface area contributed by atoms with Crippen molar-refractivity contribution in [2.24, 2.45) is 5.84 Å². The molecular formula is C16H17N3O3. The minimum Gasteiger partial charge on any atom is -0.508 e. The van der Waals surface area contributed by atoms with Gasteiger partial charge >= 0.3 is 0 Å². The van der Waals surface area contributed by atoms with Crippen LogP contribution in [0.1, 0.15) is 15.9 Å². The van der Waals surface area contributed by atoms with E-state index in [1.165, 1.54) is 12.1 Å². The predicted octanol–water partition coefficient (Wildman–Crippen LogP) is 0.723. The SMILES string of the molecule is NNC(=O)[C@H](Cc1ccc(O)cc1)NC(=O)c1ccccc1. The number of benzene rings is 2. The average Bonchev–Trinajstić information content (AvgIpc) is 2.56. The van der Waals surface area contributed by atoms with Crippen molar-refractivity contribution in [2.45, 2.75) is 12.5 Å². The highest BCUT2D eigenvalue weighted by Crippen LogP contribution is 2.11. The first-order chi connectivity index (χ1) is 10.6. The van der Waals surface area contributed by atoms with Crippen LogP contribution in [-0.4, -0.2) is 23.0 Å². The molecule has 0 unspecified atom stereocenters.